The normalized spacial score (nSPS) is 15.4. The number of benzene rings is 2. The molecule has 144 valence electrons. The summed E-state index contributed by atoms with van der Waals surface area (Å²) < 4.78 is 31.7. The summed E-state index contributed by atoms with van der Waals surface area (Å²) in [7, 11) is -3.54. The Morgan fingerprint density at radius 2 is 1.81 bits per heavy atom. The molecule has 3 rings (SSSR count). The number of aromatic hydroxyl groups is 1. The first-order valence-electron chi connectivity index (χ1n) is 8.31. The van der Waals surface area contributed by atoms with Gasteiger partial charge in [-0.1, -0.05) is 23.7 Å². The minimum Gasteiger partial charge on any atom is -0.507 e. The van der Waals surface area contributed by atoms with Gasteiger partial charge in [0.1, 0.15) is 5.75 Å². The zero-order valence-corrected chi connectivity index (χ0v) is 16.0. The summed E-state index contributed by atoms with van der Waals surface area (Å²) in [6.45, 7) is 1.65. The van der Waals surface area contributed by atoms with E-state index in [2.05, 4.69) is 5.32 Å². The average Bonchev–Trinajstić information content (AvgIpc) is 2.67. The quantitative estimate of drug-likeness (QED) is 0.785. The number of hydrogen-bond donors (Lipinski definition) is 2. The van der Waals surface area contributed by atoms with E-state index in [4.69, 9.17) is 16.3 Å². The summed E-state index contributed by atoms with van der Waals surface area (Å²) in [4.78, 5) is 12.4. The number of carbonyl (C=O) groups excluding carboxylic acids is 1. The Morgan fingerprint density at radius 1 is 1.15 bits per heavy atom. The van der Waals surface area contributed by atoms with Gasteiger partial charge in [-0.2, -0.15) is 4.31 Å². The molecular weight excluding hydrogens is 392 g/mol. The van der Waals surface area contributed by atoms with Gasteiger partial charge in [0, 0.05) is 24.7 Å². The molecule has 0 atom stereocenters. The first-order chi connectivity index (χ1) is 12.9. The molecule has 9 heteroatoms. The van der Waals surface area contributed by atoms with Crippen molar-refractivity contribution >= 4 is 27.5 Å². The molecule has 1 saturated heterocycles. The molecule has 27 heavy (non-hydrogen) atoms. The first kappa shape index (κ1) is 19.6. The molecule has 2 aromatic rings. The lowest BCUT2D eigenvalue weighted by Crippen LogP contribution is -2.40. The highest BCUT2D eigenvalue weighted by atomic mass is 35.5. The number of nitrogens with zero attached hydrogens (tertiary/aromatic N) is 1. The molecule has 0 bridgehead atoms. The molecule has 1 amide bonds. The number of hydrogen-bond acceptors (Lipinski definition) is 5. The topological polar surface area (TPSA) is 95.9 Å². The van der Waals surface area contributed by atoms with Crippen LogP contribution in [0.3, 0.4) is 0 Å². The predicted molar refractivity (Wildman–Crippen MR) is 100 cm³/mol. The van der Waals surface area contributed by atoms with E-state index in [9.17, 15) is 18.3 Å². The van der Waals surface area contributed by atoms with Crippen molar-refractivity contribution in [2.75, 3.05) is 26.3 Å². The predicted octanol–water partition coefficient (Wildman–Crippen LogP) is 2.00. The van der Waals surface area contributed by atoms with Crippen LogP contribution in [0.4, 0.5) is 0 Å². The van der Waals surface area contributed by atoms with Crippen LogP contribution in [0, 0.1) is 0 Å². The maximum atomic E-state index is 12.6. The zero-order valence-electron chi connectivity index (χ0n) is 14.4. The van der Waals surface area contributed by atoms with Crippen molar-refractivity contribution in [2.24, 2.45) is 0 Å². The van der Waals surface area contributed by atoms with Crippen LogP contribution in [0.5, 0.6) is 5.75 Å². The number of morpholine rings is 1. The third-order valence-corrected chi connectivity index (χ3v) is 6.34. The Kier molecular flexibility index (Phi) is 6.01. The highest BCUT2D eigenvalue weighted by Crippen LogP contribution is 2.22. The van der Waals surface area contributed by atoms with Crippen molar-refractivity contribution in [2.45, 2.75) is 11.4 Å². The maximum Gasteiger partial charge on any atom is 0.255 e. The molecule has 1 aliphatic heterocycles. The van der Waals surface area contributed by atoms with Crippen LogP contribution in [0.2, 0.25) is 5.02 Å². The third-order valence-electron chi connectivity index (χ3n) is 4.19. The summed E-state index contributed by atoms with van der Waals surface area (Å²) in [5.74, 6) is -0.652. The third kappa shape index (κ3) is 4.59. The Morgan fingerprint density at radius 3 is 2.44 bits per heavy atom. The zero-order chi connectivity index (χ0) is 19.4. The van der Waals surface area contributed by atoms with Crippen LogP contribution in [0.1, 0.15) is 15.9 Å². The first-order valence-corrected chi connectivity index (χ1v) is 10.1. The molecule has 0 aromatic heterocycles. The summed E-state index contributed by atoms with van der Waals surface area (Å²) in [5, 5.41) is 12.8. The average molecular weight is 411 g/mol. The minimum absolute atomic E-state index is 0.117. The molecule has 2 aromatic carbocycles. The van der Waals surface area contributed by atoms with Gasteiger partial charge in [0.2, 0.25) is 10.0 Å². The molecule has 1 heterocycles. The van der Waals surface area contributed by atoms with Crippen LogP contribution in [0.25, 0.3) is 0 Å². The largest absolute Gasteiger partial charge is 0.507 e. The van der Waals surface area contributed by atoms with Crippen molar-refractivity contribution in [3.8, 4) is 5.75 Å². The number of carbonyl (C=O) groups is 1. The van der Waals surface area contributed by atoms with Crippen LogP contribution in [0.15, 0.2) is 47.4 Å². The monoisotopic (exact) mass is 410 g/mol. The summed E-state index contributed by atoms with van der Waals surface area (Å²) >= 11 is 5.75. The fraction of sp³-hybridized carbons (Fsp3) is 0.278. The van der Waals surface area contributed by atoms with Gasteiger partial charge in [-0.3, -0.25) is 4.79 Å². The number of halogens is 1. The van der Waals surface area contributed by atoms with Crippen LogP contribution in [-0.4, -0.2) is 50.0 Å². The van der Waals surface area contributed by atoms with Crippen LogP contribution < -0.4 is 5.32 Å². The lowest BCUT2D eigenvalue weighted by molar-refractivity contribution is 0.0730. The number of amides is 1. The van der Waals surface area contributed by atoms with Gasteiger partial charge in [0.05, 0.1) is 23.7 Å². The molecular formula is C18H19ClN2O5S. The van der Waals surface area contributed by atoms with E-state index < -0.39 is 15.9 Å². The number of phenols is 1. The molecule has 1 fully saturated rings. The number of sulfonamides is 1. The lowest BCUT2D eigenvalue weighted by atomic mass is 10.1. The molecule has 2 N–H and O–H groups in total. The second-order valence-corrected chi connectivity index (χ2v) is 8.38. The molecule has 0 unspecified atom stereocenters. The smallest absolute Gasteiger partial charge is 0.255 e. The Bertz CT molecular complexity index is 925. The summed E-state index contributed by atoms with van der Waals surface area (Å²) in [6.07, 6.45) is 0. The van der Waals surface area contributed by atoms with Crippen molar-refractivity contribution in [1.82, 2.24) is 9.62 Å². The van der Waals surface area contributed by atoms with E-state index in [1.54, 1.807) is 12.1 Å². The van der Waals surface area contributed by atoms with Gasteiger partial charge in [-0.15, -0.1) is 0 Å². The van der Waals surface area contributed by atoms with Gasteiger partial charge >= 0.3 is 0 Å². The van der Waals surface area contributed by atoms with Gasteiger partial charge in [0.15, 0.2) is 0 Å². The Balaban J connectivity index is 1.64. The van der Waals surface area contributed by atoms with E-state index in [0.717, 1.165) is 5.56 Å². The van der Waals surface area contributed by atoms with E-state index in [1.165, 1.54) is 34.6 Å². The second-order valence-electron chi connectivity index (χ2n) is 6.00. The molecule has 0 radical (unpaired) electrons. The standard InChI is InChI=1S/C18H19ClN2O5S/c19-14-3-6-16(17(22)11-14)18(23)20-12-13-1-4-15(5-2-13)27(24,25)21-7-9-26-10-8-21/h1-6,11,22H,7-10,12H2,(H,20,23). The van der Waals surface area contributed by atoms with Crippen molar-refractivity contribution in [1.29, 1.82) is 0 Å². The van der Waals surface area contributed by atoms with Crippen molar-refractivity contribution in [3.05, 3.63) is 58.6 Å². The van der Waals surface area contributed by atoms with Gasteiger partial charge in [0.25, 0.3) is 5.91 Å². The van der Waals surface area contributed by atoms with Gasteiger partial charge < -0.3 is 15.2 Å². The van der Waals surface area contributed by atoms with Gasteiger partial charge in [-0.25, -0.2) is 8.42 Å². The highest BCUT2D eigenvalue weighted by molar-refractivity contribution is 7.89. The van der Waals surface area contributed by atoms with Gasteiger partial charge in [-0.05, 0) is 35.9 Å². The highest BCUT2D eigenvalue weighted by Gasteiger charge is 2.26. The lowest BCUT2D eigenvalue weighted by Gasteiger charge is -2.26. The van der Waals surface area contributed by atoms with Crippen LogP contribution >= 0.6 is 11.6 Å². The number of ether oxygens (including phenoxy) is 1. The van der Waals surface area contributed by atoms with Crippen molar-refractivity contribution < 1.29 is 23.1 Å². The fourth-order valence-electron chi connectivity index (χ4n) is 2.69. The summed E-state index contributed by atoms with van der Waals surface area (Å²) in [5.41, 5.74) is 0.851. The number of nitrogens with one attached hydrogen (secondary N) is 1. The Hall–Kier alpha value is -2.13. The number of rotatable bonds is 5. The molecule has 0 spiro atoms. The molecule has 1 aliphatic rings. The van der Waals surface area contributed by atoms with Crippen LogP contribution in [-0.2, 0) is 21.3 Å². The number of phenolic OH excluding ortho intramolecular Hbond substituents is 1. The molecule has 7 nitrogen and oxygen atoms in total. The van der Waals surface area contributed by atoms with E-state index in [1.807, 2.05) is 0 Å². The SMILES string of the molecule is O=C(NCc1ccc(S(=O)(=O)N2CCOCC2)cc1)c1ccc(Cl)cc1O. The van der Waals surface area contributed by atoms with E-state index in [-0.39, 0.29) is 22.8 Å². The Labute approximate surface area is 162 Å². The molecule has 0 aliphatic carbocycles. The maximum absolute atomic E-state index is 12.6. The fourth-order valence-corrected chi connectivity index (χ4v) is 4.26. The molecule has 0 saturated carbocycles. The minimum atomic E-state index is -3.54. The van der Waals surface area contributed by atoms with E-state index >= 15 is 0 Å². The van der Waals surface area contributed by atoms with E-state index in [0.29, 0.717) is 31.3 Å². The summed E-state index contributed by atoms with van der Waals surface area (Å²) in [6, 6.07) is 10.6. The van der Waals surface area contributed by atoms with Crippen molar-refractivity contribution in [3.63, 3.8) is 0 Å². The second kappa shape index (κ2) is 8.26.